The van der Waals surface area contributed by atoms with E-state index in [0.29, 0.717) is 17.9 Å². The molecule has 1 unspecified atom stereocenters. The normalized spacial score (nSPS) is 12.1. The Bertz CT molecular complexity index is 539. The molecule has 0 saturated heterocycles. The standard InChI is InChI=1S/C16H25N3O2.ClH/c1-10-6-7-12(18-15(21)16(3,4)5)8-13(10)19-14(20)11(2)9-17;/h6-8,11H,9,17H2,1-5H3,(H,18,21)(H,19,20);1H. The summed E-state index contributed by atoms with van der Waals surface area (Å²) in [6.07, 6.45) is 0. The lowest BCUT2D eigenvalue weighted by molar-refractivity contribution is -0.123. The van der Waals surface area contributed by atoms with Crippen LogP contribution in [0.5, 0.6) is 0 Å². The van der Waals surface area contributed by atoms with Crippen LogP contribution in [0.3, 0.4) is 0 Å². The van der Waals surface area contributed by atoms with Gasteiger partial charge in [0.25, 0.3) is 0 Å². The highest BCUT2D eigenvalue weighted by Crippen LogP contribution is 2.23. The van der Waals surface area contributed by atoms with Crippen molar-refractivity contribution < 1.29 is 9.59 Å². The van der Waals surface area contributed by atoms with Crippen molar-refractivity contribution in [2.75, 3.05) is 17.2 Å². The molecule has 0 spiro atoms. The number of aryl methyl sites for hydroxylation is 1. The number of carbonyl (C=O) groups is 2. The van der Waals surface area contributed by atoms with Crippen LogP contribution < -0.4 is 16.4 Å². The second kappa shape index (κ2) is 8.15. The zero-order chi connectivity index (χ0) is 16.2. The summed E-state index contributed by atoms with van der Waals surface area (Å²) in [5.41, 5.74) is 7.30. The van der Waals surface area contributed by atoms with E-state index in [1.54, 1.807) is 13.0 Å². The molecular weight excluding hydrogens is 302 g/mol. The Kier molecular flexibility index (Phi) is 7.56. The number of amides is 2. The fraction of sp³-hybridized carbons (Fsp3) is 0.500. The van der Waals surface area contributed by atoms with E-state index in [9.17, 15) is 9.59 Å². The topological polar surface area (TPSA) is 84.2 Å². The Balaban J connectivity index is 0.00000441. The average molecular weight is 328 g/mol. The molecule has 1 rings (SSSR count). The van der Waals surface area contributed by atoms with Crippen LogP contribution in [-0.2, 0) is 9.59 Å². The van der Waals surface area contributed by atoms with E-state index >= 15 is 0 Å². The maximum absolute atomic E-state index is 12.0. The quantitative estimate of drug-likeness (QED) is 0.795. The van der Waals surface area contributed by atoms with Gasteiger partial charge in [0, 0.05) is 29.3 Å². The van der Waals surface area contributed by atoms with E-state index in [1.165, 1.54) is 0 Å². The maximum Gasteiger partial charge on any atom is 0.229 e. The average Bonchev–Trinajstić information content (AvgIpc) is 2.40. The molecule has 22 heavy (non-hydrogen) atoms. The molecule has 0 aliphatic heterocycles. The van der Waals surface area contributed by atoms with Gasteiger partial charge in [-0.2, -0.15) is 0 Å². The van der Waals surface area contributed by atoms with Gasteiger partial charge in [-0.1, -0.05) is 33.8 Å². The molecule has 1 aromatic rings. The number of anilines is 2. The highest BCUT2D eigenvalue weighted by Gasteiger charge is 2.21. The highest BCUT2D eigenvalue weighted by atomic mass is 35.5. The highest BCUT2D eigenvalue weighted by molar-refractivity contribution is 5.97. The first kappa shape index (κ1) is 20.4. The SMILES string of the molecule is Cc1ccc(NC(=O)C(C)(C)C)cc1NC(=O)C(C)CN.Cl. The third-order valence-corrected chi connectivity index (χ3v) is 3.24. The number of rotatable bonds is 4. The molecule has 6 heteroatoms. The van der Waals surface area contributed by atoms with Gasteiger partial charge in [0.2, 0.25) is 11.8 Å². The van der Waals surface area contributed by atoms with Crippen LogP contribution in [0.15, 0.2) is 18.2 Å². The number of halogens is 1. The molecule has 124 valence electrons. The first-order valence-corrected chi connectivity index (χ1v) is 7.08. The summed E-state index contributed by atoms with van der Waals surface area (Å²) < 4.78 is 0. The summed E-state index contributed by atoms with van der Waals surface area (Å²) in [6, 6.07) is 5.45. The summed E-state index contributed by atoms with van der Waals surface area (Å²) in [6.45, 7) is 9.52. The Morgan fingerprint density at radius 1 is 1.23 bits per heavy atom. The first-order valence-electron chi connectivity index (χ1n) is 7.08. The lowest BCUT2D eigenvalue weighted by atomic mass is 9.95. The molecule has 0 radical (unpaired) electrons. The zero-order valence-corrected chi connectivity index (χ0v) is 14.6. The fourth-order valence-electron chi connectivity index (χ4n) is 1.52. The smallest absolute Gasteiger partial charge is 0.229 e. The van der Waals surface area contributed by atoms with Gasteiger partial charge in [0.05, 0.1) is 0 Å². The van der Waals surface area contributed by atoms with Gasteiger partial charge < -0.3 is 16.4 Å². The van der Waals surface area contributed by atoms with Gasteiger partial charge in [0.1, 0.15) is 0 Å². The Labute approximate surface area is 138 Å². The molecule has 5 nitrogen and oxygen atoms in total. The number of benzene rings is 1. The molecule has 0 aliphatic carbocycles. The van der Waals surface area contributed by atoms with Crippen LogP contribution in [0.2, 0.25) is 0 Å². The zero-order valence-electron chi connectivity index (χ0n) is 13.8. The Hall–Kier alpha value is -1.59. The molecule has 4 N–H and O–H groups in total. The summed E-state index contributed by atoms with van der Waals surface area (Å²) in [5, 5.41) is 5.69. The number of hydrogen-bond donors (Lipinski definition) is 3. The number of nitrogens with one attached hydrogen (secondary N) is 2. The summed E-state index contributed by atoms with van der Waals surface area (Å²) in [4.78, 5) is 23.9. The second-order valence-corrected chi connectivity index (χ2v) is 6.36. The van der Waals surface area contributed by atoms with E-state index < -0.39 is 5.41 Å². The van der Waals surface area contributed by atoms with Crippen LogP contribution in [0, 0.1) is 18.3 Å². The van der Waals surface area contributed by atoms with Crippen molar-refractivity contribution >= 4 is 35.6 Å². The predicted molar refractivity (Wildman–Crippen MR) is 93.4 cm³/mol. The van der Waals surface area contributed by atoms with Crippen molar-refractivity contribution in [3.63, 3.8) is 0 Å². The van der Waals surface area contributed by atoms with Crippen molar-refractivity contribution in [3.8, 4) is 0 Å². The van der Waals surface area contributed by atoms with Crippen LogP contribution in [-0.4, -0.2) is 18.4 Å². The van der Waals surface area contributed by atoms with Gasteiger partial charge in [-0.3, -0.25) is 9.59 Å². The largest absolute Gasteiger partial charge is 0.330 e. The molecule has 0 fully saturated rings. The van der Waals surface area contributed by atoms with Crippen molar-refractivity contribution in [3.05, 3.63) is 23.8 Å². The van der Waals surface area contributed by atoms with Crippen LogP contribution in [0.1, 0.15) is 33.3 Å². The van der Waals surface area contributed by atoms with Gasteiger partial charge in [-0.05, 0) is 24.6 Å². The van der Waals surface area contributed by atoms with E-state index in [0.717, 1.165) is 5.56 Å². The van der Waals surface area contributed by atoms with Crippen molar-refractivity contribution in [1.82, 2.24) is 0 Å². The lowest BCUT2D eigenvalue weighted by Gasteiger charge is -2.19. The van der Waals surface area contributed by atoms with Crippen molar-refractivity contribution in [1.29, 1.82) is 0 Å². The molecule has 1 aromatic carbocycles. The van der Waals surface area contributed by atoms with Crippen molar-refractivity contribution in [2.45, 2.75) is 34.6 Å². The molecule has 0 aromatic heterocycles. The fourth-order valence-corrected chi connectivity index (χ4v) is 1.52. The third-order valence-electron chi connectivity index (χ3n) is 3.24. The van der Waals surface area contributed by atoms with Gasteiger partial charge in [-0.25, -0.2) is 0 Å². The minimum Gasteiger partial charge on any atom is -0.330 e. The lowest BCUT2D eigenvalue weighted by Crippen LogP contribution is -2.28. The van der Waals surface area contributed by atoms with Gasteiger partial charge in [-0.15, -0.1) is 12.4 Å². The number of hydrogen-bond acceptors (Lipinski definition) is 3. The monoisotopic (exact) mass is 327 g/mol. The van der Waals surface area contributed by atoms with E-state index in [1.807, 2.05) is 39.8 Å². The van der Waals surface area contributed by atoms with Gasteiger partial charge >= 0.3 is 0 Å². The number of nitrogens with two attached hydrogens (primary N) is 1. The summed E-state index contributed by atoms with van der Waals surface area (Å²) in [5.74, 6) is -0.448. The number of carbonyl (C=O) groups excluding carboxylic acids is 2. The molecule has 0 saturated carbocycles. The molecule has 1 atom stereocenters. The molecule has 0 heterocycles. The van der Waals surface area contributed by atoms with Crippen LogP contribution in [0.4, 0.5) is 11.4 Å². The molecule has 2 amide bonds. The third kappa shape index (κ3) is 5.66. The Morgan fingerprint density at radius 2 is 1.82 bits per heavy atom. The molecular formula is C16H26ClN3O2. The maximum atomic E-state index is 12.0. The van der Waals surface area contributed by atoms with E-state index in [2.05, 4.69) is 10.6 Å². The Morgan fingerprint density at radius 3 is 2.32 bits per heavy atom. The summed E-state index contributed by atoms with van der Waals surface area (Å²) >= 11 is 0. The minimum absolute atomic E-state index is 0. The molecule has 0 aliphatic rings. The van der Waals surface area contributed by atoms with Crippen LogP contribution >= 0.6 is 12.4 Å². The predicted octanol–water partition coefficient (Wildman–Crippen LogP) is 2.93. The van der Waals surface area contributed by atoms with Crippen LogP contribution in [0.25, 0.3) is 0 Å². The second-order valence-electron chi connectivity index (χ2n) is 6.36. The van der Waals surface area contributed by atoms with Crippen molar-refractivity contribution in [2.24, 2.45) is 17.1 Å². The van der Waals surface area contributed by atoms with Gasteiger partial charge in [0.15, 0.2) is 0 Å². The van der Waals surface area contributed by atoms with E-state index in [-0.39, 0.29) is 30.1 Å². The minimum atomic E-state index is -0.470. The first-order chi connectivity index (χ1) is 9.65. The molecule has 0 bridgehead atoms. The summed E-state index contributed by atoms with van der Waals surface area (Å²) in [7, 11) is 0. The van der Waals surface area contributed by atoms with E-state index in [4.69, 9.17) is 5.73 Å².